The van der Waals surface area contributed by atoms with Gasteiger partial charge in [0.15, 0.2) is 0 Å². The molecule has 1 saturated heterocycles. The Balaban J connectivity index is 1.61. The van der Waals surface area contributed by atoms with Crippen LogP contribution in [0.3, 0.4) is 0 Å². The van der Waals surface area contributed by atoms with E-state index >= 15 is 0 Å². The van der Waals surface area contributed by atoms with Crippen molar-refractivity contribution in [3.63, 3.8) is 0 Å². The van der Waals surface area contributed by atoms with Crippen LogP contribution in [0.25, 0.3) is 0 Å². The zero-order valence-electron chi connectivity index (χ0n) is 16.7. The zero-order chi connectivity index (χ0) is 20.1. The normalized spacial score (nSPS) is 19.9. The van der Waals surface area contributed by atoms with Gasteiger partial charge in [0.05, 0.1) is 12.6 Å². The number of amides is 1. The van der Waals surface area contributed by atoms with Crippen LogP contribution in [0, 0.1) is 0 Å². The van der Waals surface area contributed by atoms with E-state index in [1.165, 1.54) is 12.8 Å². The molecule has 1 saturated carbocycles. The van der Waals surface area contributed by atoms with E-state index in [0.717, 1.165) is 37.8 Å². The average molecular weight is 396 g/mol. The SMILES string of the molecule is O=C(c1cnc(Nc2ccccc2)nc1NC1CCCC1)N1CCCCC1CO. The van der Waals surface area contributed by atoms with Gasteiger partial charge in [0, 0.05) is 24.5 Å². The lowest BCUT2D eigenvalue weighted by Crippen LogP contribution is -2.46. The van der Waals surface area contributed by atoms with E-state index in [4.69, 9.17) is 0 Å². The highest BCUT2D eigenvalue weighted by Gasteiger charge is 2.30. The fourth-order valence-electron chi connectivity index (χ4n) is 4.24. The summed E-state index contributed by atoms with van der Waals surface area (Å²) in [6.45, 7) is 0.655. The number of aliphatic hydroxyl groups is 1. The average Bonchev–Trinajstić information content (AvgIpc) is 3.27. The number of aromatic nitrogens is 2. The smallest absolute Gasteiger partial charge is 0.259 e. The van der Waals surface area contributed by atoms with Crippen LogP contribution in [0.2, 0.25) is 0 Å². The van der Waals surface area contributed by atoms with Gasteiger partial charge in [-0.1, -0.05) is 31.0 Å². The van der Waals surface area contributed by atoms with Crippen molar-refractivity contribution in [2.24, 2.45) is 0 Å². The molecular weight excluding hydrogens is 366 g/mol. The predicted octanol–water partition coefficient (Wildman–Crippen LogP) is 3.56. The molecule has 154 valence electrons. The van der Waals surface area contributed by atoms with Crippen LogP contribution < -0.4 is 10.6 Å². The first-order chi connectivity index (χ1) is 14.2. The largest absolute Gasteiger partial charge is 0.394 e. The van der Waals surface area contributed by atoms with Crippen molar-refractivity contribution in [3.8, 4) is 0 Å². The second kappa shape index (κ2) is 9.22. The van der Waals surface area contributed by atoms with Crippen molar-refractivity contribution in [2.45, 2.75) is 57.0 Å². The molecule has 2 aromatic rings. The fourth-order valence-corrected chi connectivity index (χ4v) is 4.24. The molecule has 7 heteroatoms. The van der Waals surface area contributed by atoms with Crippen LogP contribution >= 0.6 is 0 Å². The van der Waals surface area contributed by atoms with E-state index in [-0.39, 0.29) is 18.6 Å². The predicted molar refractivity (Wildman–Crippen MR) is 113 cm³/mol. The number of aliphatic hydroxyl groups excluding tert-OH is 1. The zero-order valence-corrected chi connectivity index (χ0v) is 16.7. The highest BCUT2D eigenvalue weighted by molar-refractivity contribution is 5.99. The standard InChI is InChI=1S/C22H29N5O2/c28-15-18-12-6-7-13-27(18)21(29)19-14-23-22(25-17-8-2-1-3-9-17)26-20(19)24-16-10-4-5-11-16/h1-3,8-9,14,16,18,28H,4-7,10-13,15H2,(H2,23,24,25,26). The van der Waals surface area contributed by atoms with E-state index in [1.807, 2.05) is 30.3 Å². The summed E-state index contributed by atoms with van der Waals surface area (Å²) in [7, 11) is 0. The van der Waals surface area contributed by atoms with Crippen LogP contribution in [0.5, 0.6) is 0 Å². The maximum absolute atomic E-state index is 13.3. The number of carbonyl (C=O) groups is 1. The molecule has 1 atom stereocenters. The summed E-state index contributed by atoms with van der Waals surface area (Å²) in [6.07, 6.45) is 9.01. The van der Waals surface area contributed by atoms with Gasteiger partial charge in [-0.05, 0) is 44.2 Å². The molecule has 3 N–H and O–H groups in total. The Morgan fingerprint density at radius 1 is 1.10 bits per heavy atom. The number of para-hydroxylation sites is 1. The van der Waals surface area contributed by atoms with E-state index in [0.29, 0.717) is 29.9 Å². The summed E-state index contributed by atoms with van der Waals surface area (Å²) >= 11 is 0. The highest BCUT2D eigenvalue weighted by atomic mass is 16.3. The fraction of sp³-hybridized carbons (Fsp3) is 0.500. The Kier molecular flexibility index (Phi) is 6.24. The minimum absolute atomic E-state index is 0.00830. The monoisotopic (exact) mass is 395 g/mol. The first-order valence-corrected chi connectivity index (χ1v) is 10.6. The molecule has 1 aliphatic heterocycles. The highest BCUT2D eigenvalue weighted by Crippen LogP contribution is 2.27. The third-order valence-electron chi connectivity index (χ3n) is 5.84. The number of hydrogen-bond acceptors (Lipinski definition) is 6. The Morgan fingerprint density at radius 3 is 2.62 bits per heavy atom. The van der Waals surface area contributed by atoms with Crippen LogP contribution in [0.1, 0.15) is 55.3 Å². The van der Waals surface area contributed by atoms with E-state index in [9.17, 15) is 9.90 Å². The minimum Gasteiger partial charge on any atom is -0.394 e. The third-order valence-corrected chi connectivity index (χ3v) is 5.84. The molecule has 0 bridgehead atoms. The van der Waals surface area contributed by atoms with Crippen molar-refractivity contribution in [2.75, 3.05) is 23.8 Å². The van der Waals surface area contributed by atoms with Crippen molar-refractivity contribution >= 4 is 23.4 Å². The van der Waals surface area contributed by atoms with Crippen molar-refractivity contribution < 1.29 is 9.90 Å². The van der Waals surface area contributed by atoms with Crippen LogP contribution in [-0.4, -0.2) is 51.1 Å². The maximum atomic E-state index is 13.3. The summed E-state index contributed by atoms with van der Waals surface area (Å²) in [5.41, 5.74) is 1.38. The number of likely N-dealkylation sites (tertiary alicyclic amines) is 1. The van der Waals surface area contributed by atoms with Gasteiger partial charge in [-0.3, -0.25) is 4.79 Å². The second-order valence-electron chi connectivity index (χ2n) is 7.90. The van der Waals surface area contributed by atoms with Crippen molar-refractivity contribution in [1.82, 2.24) is 14.9 Å². The van der Waals surface area contributed by atoms with Crippen LogP contribution in [0.4, 0.5) is 17.5 Å². The summed E-state index contributed by atoms with van der Waals surface area (Å²) in [5, 5.41) is 16.4. The van der Waals surface area contributed by atoms with Crippen LogP contribution in [0.15, 0.2) is 36.5 Å². The van der Waals surface area contributed by atoms with Gasteiger partial charge >= 0.3 is 0 Å². The Morgan fingerprint density at radius 2 is 1.86 bits per heavy atom. The number of piperidine rings is 1. The number of rotatable bonds is 6. The molecule has 29 heavy (non-hydrogen) atoms. The minimum atomic E-state index is -0.127. The molecule has 1 unspecified atom stereocenters. The molecule has 7 nitrogen and oxygen atoms in total. The second-order valence-corrected chi connectivity index (χ2v) is 7.90. The molecule has 2 fully saturated rings. The number of hydrogen-bond donors (Lipinski definition) is 3. The van der Waals surface area contributed by atoms with Gasteiger partial charge in [0.2, 0.25) is 5.95 Å². The molecule has 1 aromatic carbocycles. The molecule has 1 amide bonds. The lowest BCUT2D eigenvalue weighted by atomic mass is 10.0. The molecule has 1 aliphatic carbocycles. The quantitative estimate of drug-likeness (QED) is 0.693. The maximum Gasteiger partial charge on any atom is 0.259 e. The molecule has 2 aliphatic rings. The molecular formula is C22H29N5O2. The molecule has 4 rings (SSSR count). The summed E-state index contributed by atoms with van der Waals surface area (Å²) in [4.78, 5) is 24.2. The lowest BCUT2D eigenvalue weighted by molar-refractivity contribution is 0.0503. The summed E-state index contributed by atoms with van der Waals surface area (Å²) in [6, 6.07) is 9.95. The van der Waals surface area contributed by atoms with Gasteiger partial charge in [-0.2, -0.15) is 4.98 Å². The number of anilines is 3. The van der Waals surface area contributed by atoms with Gasteiger partial charge < -0.3 is 20.6 Å². The topological polar surface area (TPSA) is 90.4 Å². The van der Waals surface area contributed by atoms with E-state index in [1.54, 1.807) is 11.1 Å². The Hall–Kier alpha value is -2.67. The molecule has 1 aromatic heterocycles. The lowest BCUT2D eigenvalue weighted by Gasteiger charge is -2.35. The Labute approximate surface area is 171 Å². The van der Waals surface area contributed by atoms with Gasteiger partial charge in [-0.25, -0.2) is 4.98 Å². The van der Waals surface area contributed by atoms with Gasteiger partial charge in [0.1, 0.15) is 11.4 Å². The summed E-state index contributed by atoms with van der Waals surface area (Å²) in [5.74, 6) is 0.943. The number of carbonyl (C=O) groups excluding carboxylic acids is 1. The third kappa shape index (κ3) is 4.67. The van der Waals surface area contributed by atoms with Crippen molar-refractivity contribution in [1.29, 1.82) is 0 Å². The first-order valence-electron chi connectivity index (χ1n) is 10.6. The van der Waals surface area contributed by atoms with E-state index < -0.39 is 0 Å². The number of nitrogens with one attached hydrogen (secondary N) is 2. The molecule has 2 heterocycles. The summed E-state index contributed by atoms with van der Waals surface area (Å²) < 4.78 is 0. The van der Waals surface area contributed by atoms with Crippen molar-refractivity contribution in [3.05, 3.63) is 42.1 Å². The van der Waals surface area contributed by atoms with E-state index in [2.05, 4.69) is 20.6 Å². The van der Waals surface area contributed by atoms with Gasteiger partial charge in [-0.15, -0.1) is 0 Å². The first kappa shape index (κ1) is 19.6. The molecule has 0 spiro atoms. The van der Waals surface area contributed by atoms with Gasteiger partial charge in [0.25, 0.3) is 5.91 Å². The van der Waals surface area contributed by atoms with Crippen LogP contribution in [-0.2, 0) is 0 Å². The molecule has 0 radical (unpaired) electrons. The number of benzene rings is 1. The Bertz CT molecular complexity index is 823. The number of nitrogens with zero attached hydrogens (tertiary/aromatic N) is 3.